The number of ether oxygens (including phenoxy) is 3. The molecule has 0 N–H and O–H groups in total. The molecule has 2 unspecified atom stereocenters. The Kier molecular flexibility index (Phi) is 7.37. The third kappa shape index (κ3) is 6.04. The van der Waals surface area contributed by atoms with Crippen molar-refractivity contribution in [1.29, 1.82) is 0 Å². The van der Waals surface area contributed by atoms with Gasteiger partial charge in [-0.1, -0.05) is 34.7 Å². The lowest BCUT2D eigenvalue weighted by Gasteiger charge is -2.39. The zero-order valence-electron chi connectivity index (χ0n) is 17.5. The highest BCUT2D eigenvalue weighted by molar-refractivity contribution is 7.91. The quantitative estimate of drug-likeness (QED) is 0.513. The van der Waals surface area contributed by atoms with Crippen LogP contribution >= 0.6 is 0 Å². The lowest BCUT2D eigenvalue weighted by molar-refractivity contribution is -0.204. The second-order valence-corrected chi connectivity index (χ2v) is 10.5. The van der Waals surface area contributed by atoms with Crippen LogP contribution in [0.2, 0.25) is 0 Å². The molecule has 0 aromatic heterocycles. The van der Waals surface area contributed by atoms with E-state index in [1.165, 1.54) is 0 Å². The van der Waals surface area contributed by atoms with Gasteiger partial charge in [-0.15, -0.1) is 0 Å². The maximum atomic E-state index is 12.4. The summed E-state index contributed by atoms with van der Waals surface area (Å²) in [6, 6.07) is 9.64. The fourth-order valence-electron chi connectivity index (χ4n) is 3.68. The number of rotatable bonds is 6. The predicted molar refractivity (Wildman–Crippen MR) is 113 cm³/mol. The van der Waals surface area contributed by atoms with Crippen LogP contribution in [0, 0.1) is 5.92 Å². The van der Waals surface area contributed by atoms with Crippen molar-refractivity contribution in [2.75, 3.05) is 13.2 Å². The largest absolute Gasteiger partial charge is 0.591 e. The van der Waals surface area contributed by atoms with E-state index in [2.05, 4.69) is 4.40 Å². The Morgan fingerprint density at radius 3 is 2.62 bits per heavy atom. The highest BCUT2D eigenvalue weighted by atomic mass is 32.2. The van der Waals surface area contributed by atoms with Gasteiger partial charge in [0, 0.05) is 18.8 Å². The zero-order chi connectivity index (χ0) is 20.9. The van der Waals surface area contributed by atoms with Crippen LogP contribution in [0.4, 0.5) is 0 Å². The third-order valence-electron chi connectivity index (χ3n) is 5.32. The number of esters is 1. The predicted octanol–water partition coefficient (Wildman–Crippen LogP) is 3.96. The Morgan fingerprint density at radius 2 is 1.97 bits per heavy atom. The van der Waals surface area contributed by atoms with Crippen molar-refractivity contribution in [1.82, 2.24) is 0 Å². The Bertz CT molecular complexity index is 710. The number of nitrogens with zero attached hydrogens (tertiary/aromatic N) is 1. The Balaban J connectivity index is 1.59. The normalized spacial score (nSPS) is 24.0. The van der Waals surface area contributed by atoms with Crippen molar-refractivity contribution in [2.24, 2.45) is 10.3 Å². The van der Waals surface area contributed by atoms with Gasteiger partial charge in [-0.3, -0.25) is 4.79 Å². The van der Waals surface area contributed by atoms with E-state index in [9.17, 15) is 9.35 Å². The van der Waals surface area contributed by atoms with Crippen LogP contribution in [0.15, 0.2) is 34.7 Å². The first-order valence-electron chi connectivity index (χ1n) is 10.2. The van der Waals surface area contributed by atoms with Crippen LogP contribution in [-0.2, 0) is 37.0 Å². The molecule has 1 aliphatic carbocycles. The molecule has 3 rings (SSSR count). The van der Waals surface area contributed by atoms with Gasteiger partial charge < -0.3 is 18.8 Å². The monoisotopic (exact) mass is 421 g/mol. The summed E-state index contributed by atoms with van der Waals surface area (Å²) < 4.78 is 33.9. The fourth-order valence-corrected chi connectivity index (χ4v) is 4.35. The Labute approximate surface area is 176 Å². The average molecular weight is 422 g/mol. The molecule has 1 aliphatic heterocycles. The molecule has 160 valence electrons. The first kappa shape index (κ1) is 22.3. The molecule has 0 radical (unpaired) electrons. The van der Waals surface area contributed by atoms with Crippen LogP contribution in [0.25, 0.3) is 0 Å². The van der Waals surface area contributed by atoms with Crippen molar-refractivity contribution >= 4 is 23.0 Å². The molecule has 2 fully saturated rings. The summed E-state index contributed by atoms with van der Waals surface area (Å²) in [4.78, 5) is 12.3. The van der Waals surface area contributed by atoms with E-state index in [0.29, 0.717) is 45.3 Å². The molecule has 2 atom stereocenters. The molecule has 1 aromatic rings. The van der Waals surface area contributed by atoms with E-state index in [-0.39, 0.29) is 23.2 Å². The number of carbonyl (C=O) groups is 1. The lowest BCUT2D eigenvalue weighted by Crippen LogP contribution is -2.45. The van der Waals surface area contributed by atoms with Crippen molar-refractivity contribution in [3.8, 4) is 0 Å². The number of benzene rings is 1. The maximum absolute atomic E-state index is 12.4. The van der Waals surface area contributed by atoms with Gasteiger partial charge in [-0.05, 0) is 45.6 Å². The molecule has 1 saturated heterocycles. The first-order valence-corrected chi connectivity index (χ1v) is 11.3. The van der Waals surface area contributed by atoms with Gasteiger partial charge in [0.15, 0.2) is 5.79 Å². The molecular weight excluding hydrogens is 390 g/mol. The standard InChI is InChI=1S/C22H31NO5S/c1-21(2,3)29(25)23-19-11-12-22(27-13-14-28-22)18(15-19)9-10-20(24)26-16-17-7-5-4-6-8-17/h4-8,18H,9-16H2,1-3H3. The minimum atomic E-state index is -1.29. The fraction of sp³-hybridized carbons (Fsp3) is 0.636. The zero-order valence-corrected chi connectivity index (χ0v) is 18.3. The summed E-state index contributed by atoms with van der Waals surface area (Å²) in [6.45, 7) is 7.16. The molecule has 0 bridgehead atoms. The van der Waals surface area contributed by atoms with Crippen molar-refractivity contribution in [2.45, 2.75) is 70.0 Å². The van der Waals surface area contributed by atoms with E-state index in [1.807, 2.05) is 51.1 Å². The van der Waals surface area contributed by atoms with Crippen molar-refractivity contribution in [3.05, 3.63) is 35.9 Å². The summed E-state index contributed by atoms with van der Waals surface area (Å²) in [6.07, 6.45) is 2.90. The second-order valence-electron chi connectivity index (χ2n) is 8.61. The average Bonchev–Trinajstić information content (AvgIpc) is 3.16. The van der Waals surface area contributed by atoms with E-state index in [4.69, 9.17) is 14.2 Å². The first-order chi connectivity index (χ1) is 13.8. The van der Waals surface area contributed by atoms with Crippen LogP contribution in [0.5, 0.6) is 0 Å². The Morgan fingerprint density at radius 1 is 1.28 bits per heavy atom. The highest BCUT2D eigenvalue weighted by Gasteiger charge is 2.48. The Hall–Kier alpha value is -1.41. The molecule has 1 heterocycles. The molecule has 6 nitrogen and oxygen atoms in total. The van der Waals surface area contributed by atoms with E-state index in [0.717, 1.165) is 11.3 Å². The summed E-state index contributed by atoms with van der Waals surface area (Å²) in [5, 5.41) is 0. The minimum Gasteiger partial charge on any atom is -0.591 e. The smallest absolute Gasteiger partial charge is 0.306 e. The van der Waals surface area contributed by atoms with E-state index < -0.39 is 17.1 Å². The minimum absolute atomic E-state index is 0.00116. The SMILES string of the molecule is CC(C)(C)[S+]([O-])N=C1CCC2(OCCO2)C(CCC(=O)OCc2ccccc2)C1. The van der Waals surface area contributed by atoms with Crippen LogP contribution in [0.3, 0.4) is 0 Å². The van der Waals surface area contributed by atoms with Gasteiger partial charge in [-0.25, -0.2) is 0 Å². The van der Waals surface area contributed by atoms with Crippen molar-refractivity contribution < 1.29 is 23.6 Å². The number of hydrogen-bond acceptors (Lipinski definition) is 6. The van der Waals surface area contributed by atoms with Gasteiger partial charge in [0.2, 0.25) is 0 Å². The van der Waals surface area contributed by atoms with Crippen molar-refractivity contribution in [3.63, 3.8) is 0 Å². The highest BCUT2D eigenvalue weighted by Crippen LogP contribution is 2.42. The van der Waals surface area contributed by atoms with Gasteiger partial charge in [0.25, 0.3) is 0 Å². The molecule has 0 amide bonds. The van der Waals surface area contributed by atoms with Gasteiger partial charge in [0.1, 0.15) is 22.7 Å². The number of carbonyl (C=O) groups excluding carboxylic acids is 1. The molecule has 1 spiro atoms. The van der Waals surface area contributed by atoms with Gasteiger partial charge in [-0.2, -0.15) is 0 Å². The second kappa shape index (κ2) is 9.60. The van der Waals surface area contributed by atoms with Gasteiger partial charge >= 0.3 is 5.97 Å². The van der Waals surface area contributed by atoms with Crippen LogP contribution in [0.1, 0.15) is 58.4 Å². The lowest BCUT2D eigenvalue weighted by atomic mass is 9.79. The topological polar surface area (TPSA) is 80.2 Å². The van der Waals surface area contributed by atoms with E-state index in [1.54, 1.807) is 0 Å². The maximum Gasteiger partial charge on any atom is 0.306 e. The molecule has 1 aromatic carbocycles. The third-order valence-corrected chi connectivity index (χ3v) is 6.79. The summed E-state index contributed by atoms with van der Waals surface area (Å²) in [5.74, 6) is -0.884. The molecule has 2 aliphatic rings. The molecule has 29 heavy (non-hydrogen) atoms. The summed E-state index contributed by atoms with van der Waals surface area (Å²) in [7, 11) is 0. The van der Waals surface area contributed by atoms with E-state index >= 15 is 0 Å². The molecule has 7 heteroatoms. The number of hydrogen-bond donors (Lipinski definition) is 0. The molecule has 1 saturated carbocycles. The van der Waals surface area contributed by atoms with Crippen LogP contribution < -0.4 is 0 Å². The molecular formula is C22H31NO5S. The van der Waals surface area contributed by atoms with Gasteiger partial charge in [0.05, 0.1) is 18.9 Å². The summed E-state index contributed by atoms with van der Waals surface area (Å²) >= 11 is -1.29. The van der Waals surface area contributed by atoms with Crippen LogP contribution in [-0.4, -0.2) is 40.0 Å². The summed E-state index contributed by atoms with van der Waals surface area (Å²) in [5.41, 5.74) is 1.89.